The predicted octanol–water partition coefficient (Wildman–Crippen LogP) is 6.15. The molecule has 1 aliphatic carbocycles. The Hall–Kier alpha value is -2.86. The molecule has 23 heavy (non-hydrogen) atoms. The quantitative estimate of drug-likeness (QED) is 0.369. The van der Waals surface area contributed by atoms with Crippen molar-refractivity contribution in [2.24, 2.45) is 0 Å². The Kier molecular flexibility index (Phi) is 2.65. The molecule has 1 atom stereocenters. The summed E-state index contributed by atoms with van der Waals surface area (Å²) in [4.78, 5) is 0. The summed E-state index contributed by atoms with van der Waals surface area (Å²) in [5.41, 5.74) is 4.16. The average molecular weight is 292 g/mol. The van der Waals surface area contributed by atoms with Gasteiger partial charge in [0.15, 0.2) is 0 Å². The lowest BCUT2D eigenvalue weighted by atomic mass is 9.87. The van der Waals surface area contributed by atoms with E-state index in [2.05, 4.69) is 91.0 Å². The molecule has 0 N–H and O–H groups in total. The molecule has 0 radical (unpaired) electrons. The number of fused-ring (bicyclic) bond motifs is 4. The highest BCUT2D eigenvalue weighted by atomic mass is 14.2. The number of hydrogen-bond acceptors (Lipinski definition) is 0. The molecule has 108 valence electrons. The van der Waals surface area contributed by atoms with Crippen molar-refractivity contribution in [3.8, 4) is 0 Å². The lowest BCUT2D eigenvalue weighted by molar-refractivity contribution is 1.07. The molecular formula is C23H16. The summed E-state index contributed by atoms with van der Waals surface area (Å²) in [6.45, 7) is 0. The van der Waals surface area contributed by atoms with Crippen molar-refractivity contribution in [2.75, 3.05) is 0 Å². The van der Waals surface area contributed by atoms with Gasteiger partial charge in [-0.2, -0.15) is 0 Å². The van der Waals surface area contributed by atoms with Crippen LogP contribution in [-0.4, -0.2) is 0 Å². The minimum Gasteiger partial charge on any atom is -0.0720 e. The second kappa shape index (κ2) is 4.82. The largest absolute Gasteiger partial charge is 0.0720 e. The molecule has 0 saturated heterocycles. The van der Waals surface area contributed by atoms with E-state index in [-0.39, 0.29) is 0 Å². The van der Waals surface area contributed by atoms with Gasteiger partial charge >= 0.3 is 0 Å². The summed E-state index contributed by atoms with van der Waals surface area (Å²) < 4.78 is 0. The zero-order chi connectivity index (χ0) is 15.2. The standard InChI is InChI=1S/C23H16/c1-3-9-18-16(7-1)13-14-22(18)23-15-17-8-2-4-10-19(17)20-11-5-6-12-21(20)23/h1-15,22H. The topological polar surface area (TPSA) is 0 Å². The molecule has 0 heteroatoms. The van der Waals surface area contributed by atoms with Gasteiger partial charge in [-0.3, -0.25) is 0 Å². The van der Waals surface area contributed by atoms with Crippen molar-refractivity contribution in [2.45, 2.75) is 5.92 Å². The van der Waals surface area contributed by atoms with Crippen LogP contribution in [0.1, 0.15) is 22.6 Å². The van der Waals surface area contributed by atoms with Gasteiger partial charge in [-0.25, -0.2) is 0 Å². The van der Waals surface area contributed by atoms with Crippen LogP contribution in [0.15, 0.2) is 84.9 Å². The summed E-state index contributed by atoms with van der Waals surface area (Å²) in [7, 11) is 0. The Morgan fingerprint density at radius 2 is 1.26 bits per heavy atom. The van der Waals surface area contributed by atoms with E-state index in [1.54, 1.807) is 0 Å². The van der Waals surface area contributed by atoms with Crippen molar-refractivity contribution >= 4 is 27.6 Å². The van der Waals surface area contributed by atoms with Gasteiger partial charge in [0.1, 0.15) is 0 Å². The van der Waals surface area contributed by atoms with Crippen LogP contribution in [0, 0.1) is 0 Å². The van der Waals surface area contributed by atoms with E-state index in [0.29, 0.717) is 5.92 Å². The first-order valence-electron chi connectivity index (χ1n) is 8.09. The Balaban J connectivity index is 1.87. The van der Waals surface area contributed by atoms with Gasteiger partial charge in [0, 0.05) is 5.92 Å². The zero-order valence-electron chi connectivity index (χ0n) is 12.7. The van der Waals surface area contributed by atoms with Gasteiger partial charge in [0.2, 0.25) is 0 Å². The maximum absolute atomic E-state index is 2.37. The van der Waals surface area contributed by atoms with Crippen molar-refractivity contribution < 1.29 is 0 Å². The van der Waals surface area contributed by atoms with Crippen molar-refractivity contribution in [1.29, 1.82) is 0 Å². The summed E-state index contributed by atoms with van der Waals surface area (Å²) in [5.74, 6) is 0.348. The molecule has 1 unspecified atom stereocenters. The van der Waals surface area contributed by atoms with Gasteiger partial charge in [-0.1, -0.05) is 84.9 Å². The van der Waals surface area contributed by atoms with E-state index < -0.39 is 0 Å². The average Bonchev–Trinajstić information content (AvgIpc) is 3.05. The minimum absolute atomic E-state index is 0.348. The maximum atomic E-state index is 2.37. The molecular weight excluding hydrogens is 276 g/mol. The monoisotopic (exact) mass is 292 g/mol. The molecule has 0 fully saturated rings. The Morgan fingerprint density at radius 1 is 0.565 bits per heavy atom. The molecule has 4 aromatic carbocycles. The molecule has 0 spiro atoms. The molecule has 0 nitrogen and oxygen atoms in total. The Bertz CT molecular complexity index is 1070. The third-order valence-corrected chi connectivity index (χ3v) is 4.93. The number of rotatable bonds is 1. The SMILES string of the molecule is C1=CC(c2cc3ccccc3c3ccccc23)c2ccccc21. The highest BCUT2D eigenvalue weighted by Gasteiger charge is 2.21. The van der Waals surface area contributed by atoms with Crippen molar-refractivity contribution in [1.82, 2.24) is 0 Å². The normalized spacial score (nSPS) is 16.1. The summed E-state index contributed by atoms with van der Waals surface area (Å²) >= 11 is 0. The smallest absolute Gasteiger partial charge is 0.0285 e. The highest BCUT2D eigenvalue weighted by molar-refractivity contribution is 6.09. The Labute approximate surface area is 135 Å². The first-order chi connectivity index (χ1) is 11.4. The lowest BCUT2D eigenvalue weighted by Gasteiger charge is -2.16. The molecule has 0 bridgehead atoms. The molecule has 0 saturated carbocycles. The van der Waals surface area contributed by atoms with E-state index in [1.165, 1.54) is 38.2 Å². The van der Waals surface area contributed by atoms with Crippen molar-refractivity contribution in [3.05, 3.63) is 102 Å². The summed E-state index contributed by atoms with van der Waals surface area (Å²) in [5, 5.41) is 5.36. The van der Waals surface area contributed by atoms with Gasteiger partial charge < -0.3 is 0 Å². The highest BCUT2D eigenvalue weighted by Crippen LogP contribution is 2.40. The van der Waals surface area contributed by atoms with Crippen LogP contribution in [0.4, 0.5) is 0 Å². The third-order valence-electron chi connectivity index (χ3n) is 4.93. The second-order valence-corrected chi connectivity index (χ2v) is 6.20. The number of hydrogen-bond donors (Lipinski definition) is 0. The van der Waals surface area contributed by atoms with Crippen LogP contribution >= 0.6 is 0 Å². The van der Waals surface area contributed by atoms with Crippen LogP contribution in [-0.2, 0) is 0 Å². The van der Waals surface area contributed by atoms with E-state index >= 15 is 0 Å². The van der Waals surface area contributed by atoms with Gasteiger partial charge in [-0.15, -0.1) is 0 Å². The molecule has 4 aromatic rings. The molecule has 0 heterocycles. The lowest BCUT2D eigenvalue weighted by Crippen LogP contribution is -1.97. The third kappa shape index (κ3) is 1.85. The number of allylic oxidation sites excluding steroid dienone is 1. The van der Waals surface area contributed by atoms with E-state index in [0.717, 1.165) is 0 Å². The van der Waals surface area contributed by atoms with Gasteiger partial charge in [0.25, 0.3) is 0 Å². The van der Waals surface area contributed by atoms with E-state index in [1.807, 2.05) is 0 Å². The number of benzene rings is 4. The van der Waals surface area contributed by atoms with Crippen molar-refractivity contribution in [3.63, 3.8) is 0 Å². The molecule has 1 aliphatic rings. The minimum atomic E-state index is 0.348. The molecule has 0 amide bonds. The molecule has 5 rings (SSSR count). The fourth-order valence-electron chi connectivity index (χ4n) is 3.86. The Morgan fingerprint density at radius 3 is 2.17 bits per heavy atom. The molecule has 0 aromatic heterocycles. The van der Waals surface area contributed by atoms with Crippen LogP contribution in [0.5, 0.6) is 0 Å². The van der Waals surface area contributed by atoms with Gasteiger partial charge in [-0.05, 0) is 44.3 Å². The second-order valence-electron chi connectivity index (χ2n) is 6.20. The summed E-state index contributed by atoms with van der Waals surface area (Å²) in [6, 6.07) is 28.5. The first kappa shape index (κ1) is 12.7. The van der Waals surface area contributed by atoms with Crippen LogP contribution in [0.2, 0.25) is 0 Å². The van der Waals surface area contributed by atoms with E-state index in [9.17, 15) is 0 Å². The van der Waals surface area contributed by atoms with Crippen LogP contribution in [0.25, 0.3) is 27.6 Å². The van der Waals surface area contributed by atoms with Gasteiger partial charge in [0.05, 0.1) is 0 Å². The van der Waals surface area contributed by atoms with Crippen LogP contribution < -0.4 is 0 Å². The summed E-state index contributed by atoms with van der Waals surface area (Å²) in [6.07, 6.45) is 4.59. The predicted molar refractivity (Wildman–Crippen MR) is 98.8 cm³/mol. The zero-order valence-corrected chi connectivity index (χ0v) is 12.7. The molecule has 0 aliphatic heterocycles. The van der Waals surface area contributed by atoms with Crippen LogP contribution in [0.3, 0.4) is 0 Å². The van der Waals surface area contributed by atoms with E-state index in [4.69, 9.17) is 0 Å². The maximum Gasteiger partial charge on any atom is 0.0285 e. The first-order valence-corrected chi connectivity index (χ1v) is 8.09. The fourth-order valence-corrected chi connectivity index (χ4v) is 3.86. The fraction of sp³-hybridized carbons (Fsp3) is 0.0435.